The first kappa shape index (κ1) is 7.84. The monoisotopic (exact) mass is 165 g/mol. The molecule has 2 heteroatoms. The lowest BCUT2D eigenvalue weighted by Gasteiger charge is -2.39. The Kier molecular flexibility index (Phi) is 1.71. The molecule has 0 aromatic rings. The second-order valence-electron chi connectivity index (χ2n) is 4.12. The van der Waals surface area contributed by atoms with E-state index in [0.717, 1.165) is 19.4 Å². The summed E-state index contributed by atoms with van der Waals surface area (Å²) in [7, 11) is 0. The average Bonchev–Trinajstić information content (AvgIpc) is 2.06. The van der Waals surface area contributed by atoms with Gasteiger partial charge < -0.3 is 5.32 Å². The molecule has 0 saturated carbocycles. The van der Waals surface area contributed by atoms with Crippen molar-refractivity contribution in [2.24, 2.45) is 5.41 Å². The van der Waals surface area contributed by atoms with Crippen molar-refractivity contribution in [1.82, 2.24) is 5.32 Å². The number of ketones is 1. The highest BCUT2D eigenvalue weighted by Crippen LogP contribution is 2.40. The molecular formula is C10H15NO. The van der Waals surface area contributed by atoms with Gasteiger partial charge in [-0.25, -0.2) is 0 Å². The molecule has 1 atom stereocenters. The number of carbonyl (C=O) groups excluding carboxylic acids is 1. The molecule has 2 rings (SSSR count). The highest BCUT2D eigenvalue weighted by molar-refractivity contribution is 5.91. The summed E-state index contributed by atoms with van der Waals surface area (Å²) in [5.41, 5.74) is 1.47. The van der Waals surface area contributed by atoms with Crippen LogP contribution in [0.3, 0.4) is 0 Å². The molecule has 0 aromatic heterocycles. The van der Waals surface area contributed by atoms with Gasteiger partial charge in [0.1, 0.15) is 0 Å². The molecule has 0 bridgehead atoms. The van der Waals surface area contributed by atoms with Crippen molar-refractivity contribution in [1.29, 1.82) is 0 Å². The second-order valence-corrected chi connectivity index (χ2v) is 4.12. The number of fused-ring (bicyclic) bond motifs is 1. The van der Waals surface area contributed by atoms with Crippen molar-refractivity contribution in [2.45, 2.75) is 32.6 Å². The standard InChI is InChI=1S/C10H15NO/c1-10-4-2-6-11-9(10)7-8(12)3-5-10/h7,11H,2-6H2,1H3/t10-/m0/s1. The maximum Gasteiger partial charge on any atom is 0.157 e. The van der Waals surface area contributed by atoms with E-state index in [1.807, 2.05) is 6.08 Å². The number of carbonyl (C=O) groups is 1. The zero-order valence-electron chi connectivity index (χ0n) is 7.52. The van der Waals surface area contributed by atoms with Gasteiger partial charge in [-0.15, -0.1) is 0 Å². The van der Waals surface area contributed by atoms with E-state index in [1.54, 1.807) is 0 Å². The quantitative estimate of drug-likeness (QED) is 0.591. The molecule has 0 radical (unpaired) electrons. The molecule has 0 aromatic carbocycles. The minimum Gasteiger partial charge on any atom is -0.388 e. The van der Waals surface area contributed by atoms with Crippen LogP contribution in [0.1, 0.15) is 32.6 Å². The Morgan fingerprint density at radius 1 is 1.50 bits per heavy atom. The van der Waals surface area contributed by atoms with Crippen LogP contribution in [0.5, 0.6) is 0 Å². The maximum atomic E-state index is 11.1. The van der Waals surface area contributed by atoms with Gasteiger partial charge in [-0.2, -0.15) is 0 Å². The van der Waals surface area contributed by atoms with Gasteiger partial charge in [0.05, 0.1) is 0 Å². The summed E-state index contributed by atoms with van der Waals surface area (Å²) in [6.45, 7) is 3.30. The molecule has 1 N–H and O–H groups in total. The largest absolute Gasteiger partial charge is 0.388 e. The van der Waals surface area contributed by atoms with E-state index in [-0.39, 0.29) is 11.2 Å². The predicted molar refractivity (Wildman–Crippen MR) is 47.7 cm³/mol. The van der Waals surface area contributed by atoms with Gasteiger partial charge in [-0.3, -0.25) is 4.79 Å². The van der Waals surface area contributed by atoms with Crippen molar-refractivity contribution in [3.63, 3.8) is 0 Å². The molecule has 1 heterocycles. The highest BCUT2D eigenvalue weighted by Gasteiger charge is 2.34. The zero-order chi connectivity index (χ0) is 8.60. The maximum absolute atomic E-state index is 11.1. The van der Waals surface area contributed by atoms with Gasteiger partial charge in [0.15, 0.2) is 5.78 Å². The molecule has 1 aliphatic carbocycles. The minimum atomic E-state index is 0.284. The lowest BCUT2D eigenvalue weighted by Crippen LogP contribution is -2.38. The lowest BCUT2D eigenvalue weighted by atomic mass is 9.72. The van der Waals surface area contributed by atoms with Gasteiger partial charge in [0.25, 0.3) is 0 Å². The van der Waals surface area contributed by atoms with Crippen LogP contribution in [0.2, 0.25) is 0 Å². The van der Waals surface area contributed by atoms with Crippen LogP contribution in [0.15, 0.2) is 11.8 Å². The predicted octanol–water partition coefficient (Wildman–Crippen LogP) is 1.62. The van der Waals surface area contributed by atoms with E-state index >= 15 is 0 Å². The summed E-state index contributed by atoms with van der Waals surface area (Å²) in [5.74, 6) is 0.289. The summed E-state index contributed by atoms with van der Waals surface area (Å²) in [6, 6.07) is 0. The van der Waals surface area contributed by atoms with Gasteiger partial charge in [0, 0.05) is 30.2 Å². The molecule has 1 aliphatic heterocycles. The smallest absolute Gasteiger partial charge is 0.157 e. The zero-order valence-corrected chi connectivity index (χ0v) is 7.52. The lowest BCUT2D eigenvalue weighted by molar-refractivity contribution is -0.115. The van der Waals surface area contributed by atoms with Crippen molar-refractivity contribution < 1.29 is 4.79 Å². The van der Waals surface area contributed by atoms with E-state index in [2.05, 4.69) is 12.2 Å². The Morgan fingerprint density at radius 2 is 2.33 bits per heavy atom. The van der Waals surface area contributed by atoms with E-state index in [4.69, 9.17) is 0 Å². The molecule has 1 saturated heterocycles. The Balaban J connectivity index is 2.29. The first-order valence-corrected chi connectivity index (χ1v) is 4.70. The Hall–Kier alpha value is -0.790. The Morgan fingerprint density at radius 3 is 3.17 bits per heavy atom. The number of hydrogen-bond donors (Lipinski definition) is 1. The number of hydrogen-bond acceptors (Lipinski definition) is 2. The summed E-state index contributed by atoms with van der Waals surface area (Å²) in [4.78, 5) is 11.1. The first-order chi connectivity index (χ1) is 5.71. The van der Waals surface area contributed by atoms with Crippen LogP contribution in [-0.2, 0) is 4.79 Å². The molecule has 0 amide bonds. The van der Waals surface area contributed by atoms with Gasteiger partial charge >= 0.3 is 0 Å². The number of piperidine rings is 1. The summed E-state index contributed by atoms with van der Waals surface area (Å²) < 4.78 is 0. The van der Waals surface area contributed by atoms with Gasteiger partial charge in [0.2, 0.25) is 0 Å². The molecule has 0 spiro atoms. The van der Waals surface area contributed by atoms with Gasteiger partial charge in [-0.05, 0) is 19.3 Å². The molecule has 12 heavy (non-hydrogen) atoms. The van der Waals surface area contributed by atoms with Crippen molar-refractivity contribution >= 4 is 5.78 Å². The van der Waals surface area contributed by atoms with Crippen molar-refractivity contribution in [3.05, 3.63) is 11.8 Å². The van der Waals surface area contributed by atoms with Crippen molar-refractivity contribution in [3.8, 4) is 0 Å². The fraction of sp³-hybridized carbons (Fsp3) is 0.700. The van der Waals surface area contributed by atoms with Crippen LogP contribution in [-0.4, -0.2) is 12.3 Å². The highest BCUT2D eigenvalue weighted by atomic mass is 16.1. The number of nitrogens with one attached hydrogen (secondary N) is 1. The number of rotatable bonds is 0. The van der Waals surface area contributed by atoms with Crippen LogP contribution >= 0.6 is 0 Å². The van der Waals surface area contributed by atoms with Crippen LogP contribution < -0.4 is 5.32 Å². The van der Waals surface area contributed by atoms with E-state index in [0.29, 0.717) is 0 Å². The van der Waals surface area contributed by atoms with Crippen LogP contribution in [0.4, 0.5) is 0 Å². The summed E-state index contributed by atoms with van der Waals surface area (Å²) in [6.07, 6.45) is 6.05. The topological polar surface area (TPSA) is 29.1 Å². The van der Waals surface area contributed by atoms with Gasteiger partial charge in [-0.1, -0.05) is 6.92 Å². The molecule has 1 fully saturated rings. The third-order valence-electron chi connectivity index (χ3n) is 3.10. The van der Waals surface area contributed by atoms with Crippen LogP contribution in [0.25, 0.3) is 0 Å². The minimum absolute atomic E-state index is 0.284. The van der Waals surface area contributed by atoms with E-state index < -0.39 is 0 Å². The molecular weight excluding hydrogens is 150 g/mol. The van der Waals surface area contributed by atoms with Crippen molar-refractivity contribution in [2.75, 3.05) is 6.54 Å². The Bertz CT molecular complexity index is 244. The molecule has 66 valence electrons. The summed E-state index contributed by atoms with van der Waals surface area (Å²) >= 11 is 0. The molecule has 0 unspecified atom stereocenters. The number of allylic oxidation sites excluding steroid dienone is 2. The average molecular weight is 165 g/mol. The van der Waals surface area contributed by atoms with E-state index in [1.165, 1.54) is 18.5 Å². The SMILES string of the molecule is C[C@@]12CCCNC1=CC(=O)CC2. The molecule has 2 nitrogen and oxygen atoms in total. The summed E-state index contributed by atoms with van der Waals surface area (Å²) in [5, 5.41) is 3.33. The fourth-order valence-corrected chi connectivity index (χ4v) is 2.17. The third kappa shape index (κ3) is 1.15. The normalized spacial score (nSPS) is 35.1. The first-order valence-electron chi connectivity index (χ1n) is 4.70. The van der Waals surface area contributed by atoms with E-state index in [9.17, 15) is 4.79 Å². The Labute approximate surface area is 73.0 Å². The van der Waals surface area contributed by atoms with Crippen LogP contribution in [0, 0.1) is 5.41 Å². The molecule has 2 aliphatic rings. The fourth-order valence-electron chi connectivity index (χ4n) is 2.17. The third-order valence-corrected chi connectivity index (χ3v) is 3.10. The second kappa shape index (κ2) is 2.61.